The molecule has 0 aromatic heterocycles. The molecular weight excluding hydrogens is 312 g/mol. The van der Waals surface area contributed by atoms with Crippen molar-refractivity contribution in [1.29, 1.82) is 0 Å². The van der Waals surface area contributed by atoms with Crippen LogP contribution in [0.25, 0.3) is 0 Å². The fraction of sp³-hybridized carbons (Fsp3) is 1.00. The lowest BCUT2D eigenvalue weighted by Crippen LogP contribution is -2.35. The molecule has 0 aliphatic carbocycles. The Morgan fingerprint density at radius 3 is 1.15 bits per heavy atom. The number of unbranched alkanes of at least 4 members (excludes halogenated alkanes) is 11. The minimum atomic E-state index is 0. The summed E-state index contributed by atoms with van der Waals surface area (Å²) in [4.78, 5) is 0. The van der Waals surface area contributed by atoms with Crippen LogP contribution in [0.5, 0.6) is 0 Å². The minimum absolute atomic E-state index is 0. The zero-order chi connectivity index (χ0) is 13.7. The van der Waals surface area contributed by atoms with E-state index in [1.54, 1.807) is 0 Å². The average molecular weight is 354 g/mol. The van der Waals surface area contributed by atoms with Crippen molar-refractivity contribution in [2.24, 2.45) is 0 Å². The van der Waals surface area contributed by atoms with E-state index in [1.165, 1.54) is 83.6 Å². The van der Waals surface area contributed by atoms with Gasteiger partial charge in [0.15, 0.2) is 0 Å². The molecule has 0 aromatic carbocycles. The van der Waals surface area contributed by atoms with Gasteiger partial charge in [0, 0.05) is 0 Å². The second-order valence-electron chi connectivity index (χ2n) is 6.90. The normalized spacial score (nSPS) is 10.8. The Balaban J connectivity index is -0.00000144. The Hall–Kier alpha value is 0.400. The van der Waals surface area contributed by atoms with Crippen LogP contribution in [0.3, 0.4) is 0 Å². The molecule has 0 rings (SSSR count). The third-order valence-corrected chi connectivity index (χ3v) is 3.68. The highest BCUT2D eigenvalue weighted by molar-refractivity contribution is 8.93. The molecule has 3 heteroatoms. The maximum atomic E-state index is 2.29. The van der Waals surface area contributed by atoms with Crippen LogP contribution in [0, 0.1) is 0 Å². The molecule has 0 fully saturated rings. The van der Waals surface area contributed by atoms with Gasteiger partial charge in [-0.1, -0.05) is 71.1 Å². The fourth-order valence-electron chi connectivity index (χ4n) is 2.43. The van der Waals surface area contributed by atoms with Crippen LogP contribution in [-0.2, 0) is 0 Å². The van der Waals surface area contributed by atoms with Gasteiger partial charge >= 0.3 is 0 Å². The predicted octanol–water partition coefficient (Wildman–Crippen LogP) is 6.13. The van der Waals surface area contributed by atoms with E-state index in [9.17, 15) is 0 Å². The molecule has 0 unspecified atom stereocenters. The van der Waals surface area contributed by atoms with Crippen LogP contribution in [0.15, 0.2) is 0 Å². The van der Waals surface area contributed by atoms with Gasteiger partial charge in [0.05, 0.1) is 27.7 Å². The number of halogens is 1. The molecule has 0 spiro atoms. The van der Waals surface area contributed by atoms with E-state index in [0.29, 0.717) is 0 Å². The second-order valence-corrected chi connectivity index (χ2v) is 6.90. The first-order valence-electron chi connectivity index (χ1n) is 8.36. The van der Waals surface area contributed by atoms with Crippen LogP contribution >= 0.6 is 17.0 Å². The van der Waals surface area contributed by atoms with Gasteiger partial charge in [-0.25, -0.2) is 0 Å². The summed E-state index contributed by atoms with van der Waals surface area (Å²) in [6, 6.07) is 0. The van der Waals surface area contributed by atoms with Crippen LogP contribution in [0.1, 0.15) is 84.0 Å². The molecule has 0 saturated heterocycles. The molecule has 0 aliphatic rings. The van der Waals surface area contributed by atoms with Gasteiger partial charge in [0.1, 0.15) is 0 Å². The third kappa shape index (κ3) is 23.5. The standard InChI is InChI=1S/C17H38N.BrH.H3N/c1-5-6-7-8-9-10-11-12-13-14-15-16-17-18(2,3)4;;/h5-17H2,1-4H3;1H;1H3/q+1;;. The zero-order valence-corrected chi connectivity index (χ0v) is 16.5. The van der Waals surface area contributed by atoms with Gasteiger partial charge in [-0.2, -0.15) is 0 Å². The summed E-state index contributed by atoms with van der Waals surface area (Å²) in [7, 11) is 6.87. The summed E-state index contributed by atoms with van der Waals surface area (Å²) in [5, 5.41) is 0. The monoisotopic (exact) mass is 353 g/mol. The topological polar surface area (TPSA) is 35.0 Å². The van der Waals surface area contributed by atoms with Crippen LogP contribution < -0.4 is 6.15 Å². The summed E-state index contributed by atoms with van der Waals surface area (Å²) in [6.45, 7) is 3.62. The number of nitrogens with zero attached hydrogens (tertiary/aromatic N) is 1. The van der Waals surface area contributed by atoms with Crippen molar-refractivity contribution in [1.82, 2.24) is 6.15 Å². The molecule has 0 saturated carbocycles. The first-order valence-corrected chi connectivity index (χ1v) is 8.36. The van der Waals surface area contributed by atoms with Crippen molar-refractivity contribution in [3.8, 4) is 0 Å². The quantitative estimate of drug-likeness (QED) is 0.313. The van der Waals surface area contributed by atoms with Crippen LogP contribution in [-0.4, -0.2) is 32.2 Å². The SMILES string of the molecule is Br.CCCCCCCCCCCCCC[N+](C)(C)C.N. The number of hydrogen-bond donors (Lipinski definition) is 1. The van der Waals surface area contributed by atoms with Crippen LogP contribution in [0.2, 0.25) is 0 Å². The molecular formula is C17H42BrN2+. The third-order valence-electron chi connectivity index (χ3n) is 3.68. The fourth-order valence-corrected chi connectivity index (χ4v) is 2.43. The Morgan fingerprint density at radius 2 is 0.850 bits per heavy atom. The van der Waals surface area contributed by atoms with Crippen molar-refractivity contribution in [2.75, 3.05) is 27.7 Å². The first-order chi connectivity index (χ1) is 8.56. The second kappa shape index (κ2) is 17.5. The first kappa shape index (κ1) is 25.4. The number of rotatable bonds is 13. The maximum Gasteiger partial charge on any atom is 0.0780 e. The summed E-state index contributed by atoms with van der Waals surface area (Å²) < 4.78 is 1.12. The molecule has 0 heterocycles. The number of quaternary nitrogens is 1. The van der Waals surface area contributed by atoms with Gasteiger partial charge < -0.3 is 10.6 Å². The average Bonchev–Trinajstić information content (AvgIpc) is 2.29. The largest absolute Gasteiger partial charge is 0.344 e. The van der Waals surface area contributed by atoms with Crippen molar-refractivity contribution in [3.63, 3.8) is 0 Å². The Kier molecular flexibility index (Phi) is 22.1. The molecule has 0 aromatic rings. The zero-order valence-electron chi connectivity index (χ0n) is 14.8. The Labute approximate surface area is 139 Å². The van der Waals surface area contributed by atoms with Crippen molar-refractivity contribution in [2.45, 2.75) is 84.0 Å². The molecule has 0 bridgehead atoms. The van der Waals surface area contributed by atoms with Crippen molar-refractivity contribution >= 4 is 17.0 Å². The van der Waals surface area contributed by atoms with E-state index in [4.69, 9.17) is 0 Å². The molecule has 0 atom stereocenters. The van der Waals surface area contributed by atoms with Gasteiger partial charge in [-0.05, 0) is 12.8 Å². The lowest BCUT2D eigenvalue weighted by Gasteiger charge is -2.23. The highest BCUT2D eigenvalue weighted by atomic mass is 79.9. The smallest absolute Gasteiger partial charge is 0.0780 e. The maximum absolute atomic E-state index is 2.29. The van der Waals surface area contributed by atoms with Crippen molar-refractivity contribution in [3.05, 3.63) is 0 Å². The minimum Gasteiger partial charge on any atom is -0.344 e. The Morgan fingerprint density at radius 1 is 0.550 bits per heavy atom. The van der Waals surface area contributed by atoms with Gasteiger partial charge in [0.2, 0.25) is 0 Å². The Bertz CT molecular complexity index is 167. The van der Waals surface area contributed by atoms with Gasteiger partial charge in [0.25, 0.3) is 0 Å². The molecule has 0 amide bonds. The molecule has 0 aliphatic heterocycles. The highest BCUT2D eigenvalue weighted by Crippen LogP contribution is 2.12. The van der Waals surface area contributed by atoms with Gasteiger partial charge in [-0.3, -0.25) is 0 Å². The van der Waals surface area contributed by atoms with E-state index in [2.05, 4.69) is 28.1 Å². The van der Waals surface area contributed by atoms with E-state index in [-0.39, 0.29) is 23.1 Å². The van der Waals surface area contributed by atoms with E-state index >= 15 is 0 Å². The summed E-state index contributed by atoms with van der Waals surface area (Å²) >= 11 is 0. The lowest BCUT2D eigenvalue weighted by atomic mass is 10.1. The predicted molar refractivity (Wildman–Crippen MR) is 99.3 cm³/mol. The number of hydrogen-bond acceptors (Lipinski definition) is 1. The summed E-state index contributed by atoms with van der Waals surface area (Å²) in [5.74, 6) is 0. The van der Waals surface area contributed by atoms with Gasteiger partial charge in [-0.15, -0.1) is 17.0 Å². The summed E-state index contributed by atoms with van der Waals surface area (Å²) in [5.41, 5.74) is 0. The summed E-state index contributed by atoms with van der Waals surface area (Å²) in [6.07, 6.45) is 17.4. The van der Waals surface area contributed by atoms with Crippen molar-refractivity contribution < 1.29 is 4.48 Å². The van der Waals surface area contributed by atoms with E-state index < -0.39 is 0 Å². The molecule has 126 valence electrons. The van der Waals surface area contributed by atoms with E-state index in [1.807, 2.05) is 0 Å². The molecule has 20 heavy (non-hydrogen) atoms. The molecule has 0 radical (unpaired) electrons. The highest BCUT2D eigenvalue weighted by Gasteiger charge is 2.04. The van der Waals surface area contributed by atoms with Crippen LogP contribution in [0.4, 0.5) is 0 Å². The van der Waals surface area contributed by atoms with E-state index in [0.717, 1.165) is 4.48 Å². The molecule has 3 N–H and O–H groups in total. The lowest BCUT2D eigenvalue weighted by molar-refractivity contribution is -0.870. The molecule has 2 nitrogen and oxygen atoms in total.